The SMILES string of the molecule is CCOc1cccc2c1nc(CCCl)n2C(C)CSC. The number of nitrogens with zero attached hydrogens (tertiary/aromatic N) is 2. The minimum Gasteiger partial charge on any atom is -0.492 e. The first-order chi connectivity index (χ1) is 9.72. The quantitative estimate of drug-likeness (QED) is 0.719. The average Bonchev–Trinajstić information content (AvgIpc) is 2.79. The van der Waals surface area contributed by atoms with Crippen LogP contribution in [-0.2, 0) is 6.42 Å². The molecule has 2 rings (SSSR count). The number of para-hydroxylation sites is 1. The van der Waals surface area contributed by atoms with E-state index in [1.807, 2.05) is 30.8 Å². The van der Waals surface area contributed by atoms with E-state index in [4.69, 9.17) is 21.3 Å². The van der Waals surface area contributed by atoms with Crippen LogP contribution in [0.15, 0.2) is 18.2 Å². The monoisotopic (exact) mass is 312 g/mol. The zero-order valence-corrected chi connectivity index (χ0v) is 13.8. The molecule has 3 nitrogen and oxygen atoms in total. The Morgan fingerprint density at radius 3 is 2.90 bits per heavy atom. The maximum absolute atomic E-state index is 5.93. The van der Waals surface area contributed by atoms with E-state index in [2.05, 4.69) is 23.8 Å². The van der Waals surface area contributed by atoms with Crippen LogP contribution in [0.5, 0.6) is 5.75 Å². The van der Waals surface area contributed by atoms with Crippen LogP contribution in [0.2, 0.25) is 0 Å². The summed E-state index contributed by atoms with van der Waals surface area (Å²) in [4.78, 5) is 4.77. The Labute approximate surface area is 129 Å². The van der Waals surface area contributed by atoms with E-state index < -0.39 is 0 Å². The lowest BCUT2D eigenvalue weighted by atomic mass is 10.2. The molecule has 1 atom stereocenters. The molecular weight excluding hydrogens is 292 g/mol. The number of hydrogen-bond acceptors (Lipinski definition) is 3. The molecule has 0 fully saturated rings. The van der Waals surface area contributed by atoms with Crippen LogP contribution in [0.25, 0.3) is 11.0 Å². The van der Waals surface area contributed by atoms with Crippen LogP contribution in [0.4, 0.5) is 0 Å². The average molecular weight is 313 g/mol. The van der Waals surface area contributed by atoms with Gasteiger partial charge in [0.05, 0.1) is 12.1 Å². The Balaban J connectivity index is 2.56. The van der Waals surface area contributed by atoms with Gasteiger partial charge in [-0.2, -0.15) is 11.8 Å². The summed E-state index contributed by atoms with van der Waals surface area (Å²) in [6, 6.07) is 6.51. The van der Waals surface area contributed by atoms with Crippen molar-refractivity contribution in [2.24, 2.45) is 0 Å². The van der Waals surface area contributed by atoms with Crippen molar-refractivity contribution in [2.75, 3.05) is 24.5 Å². The fourth-order valence-corrected chi connectivity index (χ4v) is 3.28. The van der Waals surface area contributed by atoms with Crippen molar-refractivity contribution in [3.8, 4) is 5.75 Å². The fourth-order valence-electron chi connectivity index (χ4n) is 2.48. The topological polar surface area (TPSA) is 27.1 Å². The molecule has 1 aromatic heterocycles. The van der Waals surface area contributed by atoms with E-state index in [1.165, 1.54) is 0 Å². The van der Waals surface area contributed by atoms with Crippen LogP contribution in [-0.4, -0.2) is 34.0 Å². The maximum Gasteiger partial charge on any atom is 0.147 e. The maximum atomic E-state index is 5.93. The highest BCUT2D eigenvalue weighted by Gasteiger charge is 2.17. The largest absolute Gasteiger partial charge is 0.492 e. The third kappa shape index (κ3) is 3.07. The van der Waals surface area contributed by atoms with Crippen molar-refractivity contribution in [2.45, 2.75) is 26.3 Å². The number of thioether (sulfide) groups is 1. The summed E-state index contributed by atoms with van der Waals surface area (Å²) >= 11 is 7.77. The lowest BCUT2D eigenvalue weighted by molar-refractivity contribution is 0.343. The highest BCUT2D eigenvalue weighted by Crippen LogP contribution is 2.29. The normalized spacial score (nSPS) is 12.8. The van der Waals surface area contributed by atoms with Gasteiger partial charge in [0.15, 0.2) is 0 Å². The third-order valence-corrected chi connectivity index (χ3v) is 4.23. The zero-order valence-electron chi connectivity index (χ0n) is 12.2. The molecule has 0 bridgehead atoms. The van der Waals surface area contributed by atoms with Crippen LogP contribution in [0.3, 0.4) is 0 Å². The van der Waals surface area contributed by atoms with Crippen LogP contribution in [0.1, 0.15) is 25.7 Å². The van der Waals surface area contributed by atoms with E-state index in [9.17, 15) is 0 Å². The van der Waals surface area contributed by atoms with E-state index in [0.29, 0.717) is 18.5 Å². The number of aromatic nitrogens is 2. The molecule has 0 radical (unpaired) electrons. The summed E-state index contributed by atoms with van der Waals surface area (Å²) in [5.41, 5.74) is 2.08. The Bertz CT molecular complexity index is 570. The second kappa shape index (κ2) is 7.23. The molecule has 0 N–H and O–H groups in total. The zero-order chi connectivity index (χ0) is 14.5. The number of rotatable bonds is 7. The smallest absolute Gasteiger partial charge is 0.147 e. The summed E-state index contributed by atoms with van der Waals surface area (Å²) in [5.74, 6) is 3.54. The fraction of sp³-hybridized carbons (Fsp3) is 0.533. The number of fused-ring (bicyclic) bond motifs is 1. The third-order valence-electron chi connectivity index (χ3n) is 3.22. The van der Waals surface area contributed by atoms with Crippen LogP contribution in [0, 0.1) is 0 Å². The molecule has 20 heavy (non-hydrogen) atoms. The van der Waals surface area contributed by atoms with Gasteiger partial charge in [-0.3, -0.25) is 0 Å². The van der Waals surface area contributed by atoms with Crippen molar-refractivity contribution in [1.29, 1.82) is 0 Å². The predicted molar refractivity (Wildman–Crippen MR) is 88.4 cm³/mol. The van der Waals surface area contributed by atoms with Gasteiger partial charge in [-0.15, -0.1) is 11.6 Å². The molecule has 0 aliphatic rings. The first-order valence-electron chi connectivity index (χ1n) is 6.90. The molecule has 5 heteroatoms. The summed E-state index contributed by atoms with van der Waals surface area (Å²) < 4.78 is 7.99. The lowest BCUT2D eigenvalue weighted by Gasteiger charge is -2.16. The molecule has 0 spiro atoms. The summed E-state index contributed by atoms with van der Waals surface area (Å²) in [6.45, 7) is 4.87. The molecule has 0 saturated carbocycles. The van der Waals surface area contributed by atoms with Gasteiger partial charge in [-0.25, -0.2) is 4.98 Å². The number of benzene rings is 1. The van der Waals surface area contributed by atoms with Gasteiger partial charge in [0, 0.05) is 24.1 Å². The van der Waals surface area contributed by atoms with Crippen molar-refractivity contribution in [3.63, 3.8) is 0 Å². The Hall–Kier alpha value is -0.870. The molecule has 0 aliphatic carbocycles. The van der Waals surface area contributed by atoms with Gasteiger partial charge in [0.1, 0.15) is 17.1 Å². The molecule has 1 unspecified atom stereocenters. The molecule has 1 heterocycles. The number of halogens is 1. The summed E-state index contributed by atoms with van der Waals surface area (Å²) in [5, 5.41) is 0. The van der Waals surface area contributed by atoms with Gasteiger partial charge >= 0.3 is 0 Å². The number of ether oxygens (including phenoxy) is 1. The number of hydrogen-bond donors (Lipinski definition) is 0. The Morgan fingerprint density at radius 1 is 1.45 bits per heavy atom. The molecular formula is C15H21ClN2OS. The lowest BCUT2D eigenvalue weighted by Crippen LogP contribution is -2.12. The van der Waals surface area contributed by atoms with E-state index >= 15 is 0 Å². The van der Waals surface area contributed by atoms with Crippen molar-refractivity contribution in [1.82, 2.24) is 9.55 Å². The van der Waals surface area contributed by atoms with Gasteiger partial charge in [-0.05, 0) is 32.2 Å². The minimum atomic E-state index is 0.394. The summed E-state index contributed by atoms with van der Waals surface area (Å²) in [7, 11) is 0. The van der Waals surface area contributed by atoms with Crippen LogP contribution >= 0.6 is 23.4 Å². The van der Waals surface area contributed by atoms with Crippen molar-refractivity contribution >= 4 is 34.4 Å². The minimum absolute atomic E-state index is 0.394. The first-order valence-corrected chi connectivity index (χ1v) is 8.83. The van der Waals surface area contributed by atoms with E-state index in [1.54, 1.807) is 0 Å². The molecule has 110 valence electrons. The Kier molecular flexibility index (Phi) is 5.61. The van der Waals surface area contributed by atoms with Gasteiger partial charge in [0.25, 0.3) is 0 Å². The molecule has 1 aromatic carbocycles. The number of aryl methyl sites for hydroxylation is 1. The van der Waals surface area contributed by atoms with Gasteiger partial charge in [0.2, 0.25) is 0 Å². The van der Waals surface area contributed by atoms with Gasteiger partial charge in [-0.1, -0.05) is 6.07 Å². The second-order valence-electron chi connectivity index (χ2n) is 4.70. The van der Waals surface area contributed by atoms with Crippen LogP contribution < -0.4 is 4.74 Å². The molecule has 0 aliphatic heterocycles. The number of alkyl halides is 1. The second-order valence-corrected chi connectivity index (χ2v) is 5.99. The van der Waals surface area contributed by atoms with Crippen molar-refractivity contribution < 1.29 is 4.74 Å². The van der Waals surface area contributed by atoms with Crippen molar-refractivity contribution in [3.05, 3.63) is 24.0 Å². The van der Waals surface area contributed by atoms with E-state index in [0.717, 1.165) is 34.8 Å². The molecule has 0 amide bonds. The van der Waals surface area contributed by atoms with Gasteiger partial charge < -0.3 is 9.30 Å². The highest BCUT2D eigenvalue weighted by atomic mass is 35.5. The molecule has 0 saturated heterocycles. The number of imidazole rings is 1. The molecule has 2 aromatic rings. The first kappa shape index (κ1) is 15.5. The predicted octanol–water partition coefficient (Wildman–Crippen LogP) is 4.14. The van der Waals surface area contributed by atoms with E-state index in [-0.39, 0.29) is 0 Å². The summed E-state index contributed by atoms with van der Waals surface area (Å²) in [6.07, 6.45) is 2.91. The highest BCUT2D eigenvalue weighted by molar-refractivity contribution is 7.98. The standard InChI is InChI=1S/C15H21ClN2OS/c1-4-19-13-7-5-6-12-15(13)17-14(8-9-16)18(12)11(2)10-20-3/h5-7,11H,4,8-10H2,1-3H3. The Morgan fingerprint density at radius 2 is 2.25 bits per heavy atom.